The van der Waals surface area contributed by atoms with E-state index in [1.54, 1.807) is 12.1 Å². The molecule has 0 radical (unpaired) electrons. The first kappa shape index (κ1) is 21.2. The van der Waals surface area contributed by atoms with Gasteiger partial charge in [0.15, 0.2) is 11.6 Å². The summed E-state index contributed by atoms with van der Waals surface area (Å²) in [6.07, 6.45) is 1.70. The molecule has 0 aliphatic rings. The van der Waals surface area contributed by atoms with Crippen LogP contribution in [0, 0.1) is 5.82 Å². The fourth-order valence-electron chi connectivity index (χ4n) is 2.91. The molecule has 156 valence electrons. The molecule has 1 N–H and O–H groups in total. The average Bonchev–Trinajstić information content (AvgIpc) is 2.77. The Morgan fingerprint density at radius 2 is 1.83 bits per heavy atom. The summed E-state index contributed by atoms with van der Waals surface area (Å²) in [4.78, 5) is 24.8. The molecule has 1 atom stereocenters. The minimum Gasteiger partial charge on any atom is -0.488 e. The lowest BCUT2D eigenvalue weighted by atomic mass is 10.1. The number of halogens is 1. The van der Waals surface area contributed by atoms with Crippen molar-refractivity contribution < 1.29 is 13.9 Å². The minimum absolute atomic E-state index is 0.0339. The van der Waals surface area contributed by atoms with E-state index in [4.69, 9.17) is 4.74 Å². The van der Waals surface area contributed by atoms with Gasteiger partial charge in [0, 0.05) is 12.6 Å². The lowest BCUT2D eigenvalue weighted by Crippen LogP contribution is -2.34. The molecule has 2 aromatic carbocycles. The number of hydrogen-bond donors (Lipinski definition) is 1. The van der Waals surface area contributed by atoms with Crippen molar-refractivity contribution in [1.29, 1.82) is 0 Å². The zero-order valence-corrected chi connectivity index (χ0v) is 16.8. The molecule has 0 saturated carbocycles. The third-order valence-electron chi connectivity index (χ3n) is 4.57. The van der Waals surface area contributed by atoms with Crippen molar-refractivity contribution >= 4 is 5.91 Å². The zero-order chi connectivity index (χ0) is 21.3. The van der Waals surface area contributed by atoms with Gasteiger partial charge >= 0.3 is 0 Å². The number of nitrogens with zero attached hydrogens (tertiary/aromatic N) is 2. The van der Waals surface area contributed by atoms with Gasteiger partial charge in [-0.15, -0.1) is 0 Å². The van der Waals surface area contributed by atoms with Crippen LogP contribution in [0.25, 0.3) is 0 Å². The molecule has 0 aliphatic carbocycles. The van der Waals surface area contributed by atoms with Crippen LogP contribution in [0.15, 0.2) is 71.5 Å². The molecular formula is C23H24FN3O3. The monoisotopic (exact) mass is 409 g/mol. The number of aryl methyl sites for hydroxylation is 1. The third kappa shape index (κ3) is 5.53. The second kappa shape index (κ2) is 10.3. The number of carbonyl (C=O) groups is 1. The molecule has 1 aromatic heterocycles. The molecule has 3 rings (SSSR count). The highest BCUT2D eigenvalue weighted by atomic mass is 19.1. The van der Waals surface area contributed by atoms with Crippen LogP contribution < -0.4 is 15.6 Å². The van der Waals surface area contributed by atoms with E-state index in [0.717, 1.165) is 18.4 Å². The summed E-state index contributed by atoms with van der Waals surface area (Å²) in [6.45, 7) is 2.50. The fourth-order valence-corrected chi connectivity index (χ4v) is 2.91. The van der Waals surface area contributed by atoms with Crippen molar-refractivity contribution in [2.75, 3.05) is 6.61 Å². The van der Waals surface area contributed by atoms with Crippen LogP contribution >= 0.6 is 0 Å². The molecule has 1 amide bonds. The van der Waals surface area contributed by atoms with E-state index < -0.39 is 17.8 Å². The Morgan fingerprint density at radius 3 is 2.57 bits per heavy atom. The third-order valence-corrected chi connectivity index (χ3v) is 4.57. The van der Waals surface area contributed by atoms with Crippen molar-refractivity contribution in [1.82, 2.24) is 15.1 Å². The summed E-state index contributed by atoms with van der Waals surface area (Å²) in [6, 6.07) is 17.6. The predicted molar refractivity (Wildman–Crippen MR) is 112 cm³/mol. The van der Waals surface area contributed by atoms with Crippen molar-refractivity contribution in [2.24, 2.45) is 0 Å². The van der Waals surface area contributed by atoms with Gasteiger partial charge in [0.1, 0.15) is 12.3 Å². The Bertz CT molecular complexity index is 1040. The van der Waals surface area contributed by atoms with Gasteiger partial charge in [-0.1, -0.05) is 55.8 Å². The summed E-state index contributed by atoms with van der Waals surface area (Å²) < 4.78 is 20.8. The van der Waals surface area contributed by atoms with Crippen LogP contribution in [-0.2, 0) is 6.54 Å². The Hall–Kier alpha value is -3.48. The van der Waals surface area contributed by atoms with Crippen molar-refractivity contribution in [3.63, 3.8) is 0 Å². The Balaban J connectivity index is 1.78. The van der Waals surface area contributed by atoms with Crippen LogP contribution in [0.2, 0.25) is 0 Å². The molecule has 0 bridgehead atoms. The van der Waals surface area contributed by atoms with Crippen molar-refractivity contribution in [2.45, 2.75) is 32.4 Å². The standard InChI is InChI=1S/C23H24FN3O3/c1-2-3-15-27-22(28)14-13-19(26-27)23(29)25-20(17-9-5-4-6-10-17)16-30-21-12-8-7-11-18(21)24/h4-14,20H,2-3,15-16H2,1H3,(H,25,29). The van der Waals surface area contributed by atoms with Gasteiger partial charge < -0.3 is 10.1 Å². The van der Waals surface area contributed by atoms with Gasteiger partial charge in [0.25, 0.3) is 11.5 Å². The number of hydrogen-bond acceptors (Lipinski definition) is 4. The highest BCUT2D eigenvalue weighted by molar-refractivity contribution is 5.92. The summed E-state index contributed by atoms with van der Waals surface area (Å²) in [7, 11) is 0. The van der Waals surface area contributed by atoms with Crippen molar-refractivity contribution in [3.05, 3.63) is 94.2 Å². The van der Waals surface area contributed by atoms with Gasteiger partial charge in [-0.05, 0) is 30.2 Å². The molecule has 0 spiro atoms. The molecule has 0 aliphatic heterocycles. The van der Waals surface area contributed by atoms with Crippen molar-refractivity contribution in [3.8, 4) is 5.75 Å². The predicted octanol–water partition coefficient (Wildman–Crippen LogP) is 3.73. The van der Waals surface area contributed by atoms with E-state index in [9.17, 15) is 14.0 Å². The second-order valence-corrected chi connectivity index (χ2v) is 6.81. The number of rotatable bonds is 9. The number of unbranched alkanes of at least 4 members (excludes halogenated alkanes) is 1. The number of nitrogens with one attached hydrogen (secondary N) is 1. The van der Waals surface area contributed by atoms with E-state index in [1.165, 1.54) is 28.9 Å². The number of amides is 1. The molecular weight excluding hydrogens is 385 g/mol. The normalized spacial score (nSPS) is 11.7. The summed E-state index contributed by atoms with van der Waals surface area (Å²) in [5.41, 5.74) is 0.696. The van der Waals surface area contributed by atoms with Gasteiger partial charge in [-0.25, -0.2) is 9.07 Å². The number of ether oxygens (including phenoxy) is 1. The van der Waals surface area contributed by atoms with Gasteiger partial charge in [-0.3, -0.25) is 9.59 Å². The van der Waals surface area contributed by atoms with E-state index in [0.29, 0.717) is 6.54 Å². The largest absolute Gasteiger partial charge is 0.488 e. The van der Waals surface area contributed by atoms with E-state index >= 15 is 0 Å². The summed E-state index contributed by atoms with van der Waals surface area (Å²) >= 11 is 0. The molecule has 7 heteroatoms. The molecule has 6 nitrogen and oxygen atoms in total. The Kier molecular flexibility index (Phi) is 7.32. The van der Waals surface area contributed by atoms with Crippen LogP contribution in [-0.4, -0.2) is 22.3 Å². The number of carbonyl (C=O) groups excluding carboxylic acids is 1. The summed E-state index contributed by atoms with van der Waals surface area (Å²) in [5, 5.41) is 7.06. The maximum atomic E-state index is 13.9. The van der Waals surface area contributed by atoms with E-state index in [1.807, 2.05) is 37.3 Å². The first-order chi connectivity index (χ1) is 14.6. The summed E-state index contributed by atoms with van der Waals surface area (Å²) in [5.74, 6) is -0.800. The van der Waals surface area contributed by atoms with Crippen LogP contribution in [0.3, 0.4) is 0 Å². The SMILES string of the molecule is CCCCn1nc(C(=O)NC(COc2ccccc2F)c2ccccc2)ccc1=O. The molecule has 0 fully saturated rings. The number of para-hydroxylation sites is 1. The maximum Gasteiger partial charge on any atom is 0.272 e. The highest BCUT2D eigenvalue weighted by Gasteiger charge is 2.19. The molecule has 1 heterocycles. The molecule has 1 unspecified atom stereocenters. The fraction of sp³-hybridized carbons (Fsp3) is 0.261. The van der Waals surface area contributed by atoms with Gasteiger partial charge in [0.05, 0.1) is 6.04 Å². The first-order valence-electron chi connectivity index (χ1n) is 9.89. The highest BCUT2D eigenvalue weighted by Crippen LogP contribution is 2.19. The second-order valence-electron chi connectivity index (χ2n) is 6.81. The zero-order valence-electron chi connectivity index (χ0n) is 16.8. The van der Waals surface area contributed by atoms with Crippen LogP contribution in [0.4, 0.5) is 4.39 Å². The minimum atomic E-state index is -0.531. The first-order valence-corrected chi connectivity index (χ1v) is 9.89. The number of aromatic nitrogens is 2. The van der Waals surface area contributed by atoms with Gasteiger partial charge in [0.2, 0.25) is 0 Å². The van der Waals surface area contributed by atoms with Crippen LogP contribution in [0.5, 0.6) is 5.75 Å². The van der Waals surface area contributed by atoms with Crippen LogP contribution in [0.1, 0.15) is 41.9 Å². The van der Waals surface area contributed by atoms with E-state index in [2.05, 4.69) is 10.4 Å². The maximum absolute atomic E-state index is 13.9. The Labute approximate surface area is 174 Å². The quantitative estimate of drug-likeness (QED) is 0.584. The van der Waals surface area contributed by atoms with E-state index in [-0.39, 0.29) is 23.6 Å². The number of benzene rings is 2. The molecule has 30 heavy (non-hydrogen) atoms. The lowest BCUT2D eigenvalue weighted by molar-refractivity contribution is 0.0912. The average molecular weight is 409 g/mol. The topological polar surface area (TPSA) is 73.2 Å². The lowest BCUT2D eigenvalue weighted by Gasteiger charge is -2.20. The smallest absolute Gasteiger partial charge is 0.272 e. The Morgan fingerprint density at radius 1 is 1.10 bits per heavy atom. The molecule has 0 saturated heterocycles. The van der Waals surface area contributed by atoms with Gasteiger partial charge in [-0.2, -0.15) is 5.10 Å². The molecule has 3 aromatic rings.